The summed E-state index contributed by atoms with van der Waals surface area (Å²) in [7, 11) is 0. The topological polar surface area (TPSA) is 50.4 Å². The highest BCUT2D eigenvalue weighted by molar-refractivity contribution is 5.79. The average Bonchev–Trinajstić information content (AvgIpc) is 2.36. The molecule has 1 saturated heterocycles. The molecular formula is C15H22N2O2. The summed E-state index contributed by atoms with van der Waals surface area (Å²) in [6, 6.07) is 10.1. The van der Waals surface area contributed by atoms with Gasteiger partial charge in [0.2, 0.25) is 5.91 Å². The Morgan fingerprint density at radius 2 is 2.16 bits per heavy atom. The van der Waals surface area contributed by atoms with E-state index in [-0.39, 0.29) is 11.8 Å². The molecule has 2 rings (SSSR count). The van der Waals surface area contributed by atoms with E-state index in [0.29, 0.717) is 25.7 Å². The standard InChI is InChI=1S/C15H22N2O2/c1-12(7-17-15(18)14-8-16-9-14)10-19-11-13-5-3-2-4-6-13/h2-6,12,14,16H,7-11H2,1H3,(H,17,18). The van der Waals surface area contributed by atoms with Crippen molar-refractivity contribution in [2.45, 2.75) is 13.5 Å². The van der Waals surface area contributed by atoms with Crippen molar-refractivity contribution in [2.75, 3.05) is 26.2 Å². The van der Waals surface area contributed by atoms with Gasteiger partial charge in [-0.1, -0.05) is 37.3 Å². The molecule has 4 heteroatoms. The number of rotatable bonds is 7. The van der Waals surface area contributed by atoms with Crippen molar-refractivity contribution in [3.63, 3.8) is 0 Å². The van der Waals surface area contributed by atoms with Gasteiger partial charge in [0, 0.05) is 19.6 Å². The quantitative estimate of drug-likeness (QED) is 0.775. The maximum Gasteiger partial charge on any atom is 0.225 e. The van der Waals surface area contributed by atoms with Gasteiger partial charge in [-0.15, -0.1) is 0 Å². The molecule has 0 radical (unpaired) electrons. The van der Waals surface area contributed by atoms with Gasteiger partial charge in [-0.3, -0.25) is 4.79 Å². The largest absolute Gasteiger partial charge is 0.376 e. The SMILES string of the molecule is CC(CNC(=O)C1CNC1)COCc1ccccc1. The van der Waals surface area contributed by atoms with E-state index in [0.717, 1.165) is 13.1 Å². The lowest BCUT2D eigenvalue weighted by molar-refractivity contribution is -0.126. The number of ether oxygens (including phenoxy) is 1. The zero-order valence-electron chi connectivity index (χ0n) is 11.4. The van der Waals surface area contributed by atoms with Crippen LogP contribution in [0.25, 0.3) is 0 Å². The van der Waals surface area contributed by atoms with Crippen molar-refractivity contribution in [3.8, 4) is 0 Å². The third-order valence-corrected chi connectivity index (χ3v) is 3.29. The van der Waals surface area contributed by atoms with Crippen molar-refractivity contribution in [3.05, 3.63) is 35.9 Å². The van der Waals surface area contributed by atoms with Gasteiger partial charge in [-0.2, -0.15) is 0 Å². The number of carbonyl (C=O) groups excluding carboxylic acids is 1. The van der Waals surface area contributed by atoms with Crippen LogP contribution >= 0.6 is 0 Å². The van der Waals surface area contributed by atoms with E-state index in [2.05, 4.69) is 29.7 Å². The summed E-state index contributed by atoms with van der Waals surface area (Å²) in [5, 5.41) is 6.07. The Bertz CT molecular complexity index is 390. The molecule has 0 aliphatic carbocycles. The smallest absolute Gasteiger partial charge is 0.225 e. The van der Waals surface area contributed by atoms with Crippen LogP contribution in [0.1, 0.15) is 12.5 Å². The van der Waals surface area contributed by atoms with Crippen LogP contribution in [0.2, 0.25) is 0 Å². The normalized spacial score (nSPS) is 16.7. The molecule has 1 atom stereocenters. The van der Waals surface area contributed by atoms with Crippen LogP contribution in [0.5, 0.6) is 0 Å². The second-order valence-corrected chi connectivity index (χ2v) is 5.21. The Balaban J connectivity index is 1.56. The van der Waals surface area contributed by atoms with Gasteiger partial charge in [0.05, 0.1) is 19.1 Å². The average molecular weight is 262 g/mol. The molecule has 104 valence electrons. The molecule has 4 nitrogen and oxygen atoms in total. The number of carbonyl (C=O) groups is 1. The van der Waals surface area contributed by atoms with Gasteiger partial charge in [0.25, 0.3) is 0 Å². The molecule has 1 aliphatic rings. The molecular weight excluding hydrogens is 240 g/mol. The van der Waals surface area contributed by atoms with Crippen LogP contribution in [0.3, 0.4) is 0 Å². The summed E-state index contributed by atoms with van der Waals surface area (Å²) in [5.74, 6) is 0.659. The molecule has 0 aromatic heterocycles. The highest BCUT2D eigenvalue weighted by Gasteiger charge is 2.24. The Morgan fingerprint density at radius 1 is 1.42 bits per heavy atom. The minimum Gasteiger partial charge on any atom is -0.376 e. The van der Waals surface area contributed by atoms with Crippen LogP contribution < -0.4 is 10.6 Å². The third kappa shape index (κ3) is 4.65. The van der Waals surface area contributed by atoms with Crippen molar-refractivity contribution >= 4 is 5.91 Å². The summed E-state index contributed by atoms with van der Waals surface area (Å²) < 4.78 is 5.65. The summed E-state index contributed by atoms with van der Waals surface area (Å²) in [6.45, 7) is 5.69. The number of amides is 1. The van der Waals surface area contributed by atoms with Crippen molar-refractivity contribution < 1.29 is 9.53 Å². The lowest BCUT2D eigenvalue weighted by atomic mass is 10.0. The maximum absolute atomic E-state index is 11.6. The summed E-state index contributed by atoms with van der Waals surface area (Å²) >= 11 is 0. The summed E-state index contributed by atoms with van der Waals surface area (Å²) in [5.41, 5.74) is 1.18. The highest BCUT2D eigenvalue weighted by atomic mass is 16.5. The third-order valence-electron chi connectivity index (χ3n) is 3.29. The van der Waals surface area contributed by atoms with E-state index in [1.165, 1.54) is 5.56 Å². The van der Waals surface area contributed by atoms with Crippen molar-refractivity contribution in [1.29, 1.82) is 0 Å². The molecule has 1 aliphatic heterocycles. The number of hydrogen-bond donors (Lipinski definition) is 2. The van der Waals surface area contributed by atoms with E-state index in [9.17, 15) is 4.79 Å². The van der Waals surface area contributed by atoms with Crippen LogP contribution in [-0.2, 0) is 16.1 Å². The molecule has 0 spiro atoms. The van der Waals surface area contributed by atoms with Gasteiger partial charge in [-0.05, 0) is 11.5 Å². The first-order chi connectivity index (χ1) is 9.25. The van der Waals surface area contributed by atoms with Gasteiger partial charge in [0.1, 0.15) is 0 Å². The summed E-state index contributed by atoms with van der Waals surface area (Å²) in [6.07, 6.45) is 0. The Labute approximate surface area is 114 Å². The number of benzene rings is 1. The Hall–Kier alpha value is -1.39. The first kappa shape index (κ1) is 14.0. The molecule has 1 amide bonds. The molecule has 1 aromatic rings. The van der Waals surface area contributed by atoms with Crippen LogP contribution in [-0.4, -0.2) is 32.1 Å². The predicted molar refractivity (Wildman–Crippen MR) is 74.6 cm³/mol. The zero-order valence-corrected chi connectivity index (χ0v) is 11.4. The molecule has 1 aromatic carbocycles. The lowest BCUT2D eigenvalue weighted by Crippen LogP contribution is -2.51. The predicted octanol–water partition coefficient (Wildman–Crippen LogP) is 1.17. The maximum atomic E-state index is 11.6. The second-order valence-electron chi connectivity index (χ2n) is 5.21. The fourth-order valence-electron chi connectivity index (χ4n) is 1.90. The Morgan fingerprint density at radius 3 is 2.79 bits per heavy atom. The molecule has 1 heterocycles. The van der Waals surface area contributed by atoms with Gasteiger partial charge < -0.3 is 15.4 Å². The van der Waals surface area contributed by atoms with E-state index in [1.54, 1.807) is 0 Å². The van der Waals surface area contributed by atoms with E-state index >= 15 is 0 Å². The molecule has 0 saturated carbocycles. The molecule has 0 bridgehead atoms. The fourth-order valence-corrected chi connectivity index (χ4v) is 1.90. The van der Waals surface area contributed by atoms with E-state index in [1.807, 2.05) is 18.2 Å². The molecule has 2 N–H and O–H groups in total. The first-order valence-corrected chi connectivity index (χ1v) is 6.86. The Kier molecular flexibility index (Phi) is 5.36. The fraction of sp³-hybridized carbons (Fsp3) is 0.533. The lowest BCUT2D eigenvalue weighted by Gasteiger charge is -2.26. The number of nitrogens with one attached hydrogen (secondary N) is 2. The zero-order chi connectivity index (χ0) is 13.5. The molecule has 19 heavy (non-hydrogen) atoms. The van der Waals surface area contributed by atoms with E-state index in [4.69, 9.17) is 4.74 Å². The molecule has 1 fully saturated rings. The van der Waals surface area contributed by atoms with Gasteiger partial charge in [-0.25, -0.2) is 0 Å². The highest BCUT2D eigenvalue weighted by Crippen LogP contribution is 2.05. The van der Waals surface area contributed by atoms with Crippen LogP contribution in [0, 0.1) is 11.8 Å². The summed E-state index contributed by atoms with van der Waals surface area (Å²) in [4.78, 5) is 11.6. The van der Waals surface area contributed by atoms with Crippen molar-refractivity contribution in [1.82, 2.24) is 10.6 Å². The van der Waals surface area contributed by atoms with Gasteiger partial charge in [0.15, 0.2) is 0 Å². The van der Waals surface area contributed by atoms with Gasteiger partial charge >= 0.3 is 0 Å². The minimum absolute atomic E-state index is 0.161. The molecule has 1 unspecified atom stereocenters. The monoisotopic (exact) mass is 262 g/mol. The van der Waals surface area contributed by atoms with Crippen LogP contribution in [0.4, 0.5) is 0 Å². The second kappa shape index (κ2) is 7.26. The van der Waals surface area contributed by atoms with Crippen LogP contribution in [0.15, 0.2) is 30.3 Å². The first-order valence-electron chi connectivity index (χ1n) is 6.86. The number of hydrogen-bond acceptors (Lipinski definition) is 3. The minimum atomic E-state index is 0.161. The van der Waals surface area contributed by atoms with Crippen molar-refractivity contribution in [2.24, 2.45) is 11.8 Å². The van der Waals surface area contributed by atoms with E-state index < -0.39 is 0 Å².